The number of hydrogen-bond acceptors (Lipinski definition) is 4. The van der Waals surface area contributed by atoms with Crippen molar-refractivity contribution in [1.29, 1.82) is 0 Å². The van der Waals surface area contributed by atoms with Crippen molar-refractivity contribution in [2.75, 3.05) is 26.2 Å². The van der Waals surface area contributed by atoms with E-state index in [2.05, 4.69) is 10.0 Å². The van der Waals surface area contributed by atoms with Gasteiger partial charge in [0, 0.05) is 26.2 Å². The van der Waals surface area contributed by atoms with Crippen molar-refractivity contribution >= 4 is 28.3 Å². The minimum atomic E-state index is -4.11. The molecule has 0 bridgehead atoms. The minimum absolute atomic E-state index is 0. The molecule has 2 aliphatic rings. The lowest BCUT2D eigenvalue weighted by atomic mass is 10.0. The molecule has 2 heterocycles. The van der Waals surface area contributed by atoms with Gasteiger partial charge >= 0.3 is 0 Å². The smallest absolute Gasteiger partial charge is 0.244 e. The summed E-state index contributed by atoms with van der Waals surface area (Å²) in [6.07, 6.45) is 0. The number of carbonyl (C=O) groups excluding carboxylic acids is 1. The number of halogens is 2. The molecule has 1 aromatic rings. The molecular weight excluding hydrogens is 381 g/mol. The van der Waals surface area contributed by atoms with E-state index in [0.717, 1.165) is 19.2 Å². The summed E-state index contributed by atoms with van der Waals surface area (Å²) in [6.45, 7) is 6.63. The Kier molecular flexibility index (Phi) is 6.65. The number of nitrogens with one attached hydrogen (secondary N) is 2. The predicted octanol–water partition coefficient (Wildman–Crippen LogP) is 1.23. The van der Waals surface area contributed by atoms with Gasteiger partial charge in [0.1, 0.15) is 16.8 Å². The number of rotatable bonds is 5. The first-order valence-corrected chi connectivity index (χ1v) is 10.0. The Bertz CT molecular complexity index is 747. The van der Waals surface area contributed by atoms with Crippen molar-refractivity contribution in [3.05, 3.63) is 30.1 Å². The van der Waals surface area contributed by atoms with Crippen molar-refractivity contribution in [2.24, 2.45) is 17.8 Å². The third kappa shape index (κ3) is 4.19. The summed E-state index contributed by atoms with van der Waals surface area (Å²) >= 11 is 0. The van der Waals surface area contributed by atoms with Crippen LogP contribution in [0.1, 0.15) is 13.8 Å². The highest BCUT2D eigenvalue weighted by Gasteiger charge is 2.41. The van der Waals surface area contributed by atoms with Gasteiger partial charge < -0.3 is 10.2 Å². The average Bonchev–Trinajstić information content (AvgIpc) is 3.13. The average molecular weight is 406 g/mol. The molecule has 146 valence electrons. The summed E-state index contributed by atoms with van der Waals surface area (Å²) in [6, 6.07) is 4.27. The number of sulfonamides is 1. The van der Waals surface area contributed by atoms with Crippen LogP contribution in [-0.4, -0.2) is 51.4 Å². The number of fused-ring (bicyclic) bond motifs is 1. The molecule has 2 aliphatic heterocycles. The third-order valence-corrected chi connectivity index (χ3v) is 6.52. The largest absolute Gasteiger partial charge is 0.341 e. The highest BCUT2D eigenvalue weighted by Crippen LogP contribution is 2.27. The maximum Gasteiger partial charge on any atom is 0.244 e. The van der Waals surface area contributed by atoms with Gasteiger partial charge in [-0.3, -0.25) is 4.79 Å². The summed E-state index contributed by atoms with van der Waals surface area (Å²) < 4.78 is 41.4. The van der Waals surface area contributed by atoms with Gasteiger partial charge in [0.25, 0.3) is 0 Å². The molecule has 0 aliphatic carbocycles. The fourth-order valence-corrected chi connectivity index (χ4v) is 5.01. The van der Waals surface area contributed by atoms with E-state index in [1.807, 2.05) is 0 Å². The van der Waals surface area contributed by atoms with E-state index < -0.39 is 26.8 Å². The summed E-state index contributed by atoms with van der Waals surface area (Å²) in [5.74, 6) is -0.441. The Balaban J connectivity index is 0.00000243. The van der Waals surface area contributed by atoms with E-state index in [1.54, 1.807) is 18.7 Å². The maximum atomic E-state index is 13.9. The zero-order valence-electron chi connectivity index (χ0n) is 14.8. The first-order valence-electron chi connectivity index (χ1n) is 8.56. The monoisotopic (exact) mass is 405 g/mol. The van der Waals surface area contributed by atoms with Crippen molar-refractivity contribution < 1.29 is 17.6 Å². The van der Waals surface area contributed by atoms with E-state index in [9.17, 15) is 17.6 Å². The Hall–Kier alpha value is -1.22. The molecule has 9 heteroatoms. The number of hydrogen-bond donors (Lipinski definition) is 2. The number of benzene rings is 1. The van der Waals surface area contributed by atoms with E-state index in [1.165, 1.54) is 18.2 Å². The first kappa shape index (κ1) is 21.1. The zero-order chi connectivity index (χ0) is 18.2. The van der Waals surface area contributed by atoms with Gasteiger partial charge in [-0.15, -0.1) is 12.4 Å². The Morgan fingerprint density at radius 3 is 2.35 bits per heavy atom. The van der Waals surface area contributed by atoms with Crippen LogP contribution >= 0.6 is 12.4 Å². The lowest BCUT2D eigenvalue weighted by molar-refractivity contribution is -0.133. The maximum absolute atomic E-state index is 13.9. The van der Waals surface area contributed by atoms with Gasteiger partial charge in [-0.2, -0.15) is 4.72 Å². The number of likely N-dealkylation sites (tertiary alicyclic amines) is 1. The fourth-order valence-electron chi connectivity index (χ4n) is 3.60. The van der Waals surface area contributed by atoms with Crippen molar-refractivity contribution in [3.8, 4) is 0 Å². The topological polar surface area (TPSA) is 78.5 Å². The number of carbonyl (C=O) groups is 1. The van der Waals surface area contributed by atoms with Gasteiger partial charge in [-0.1, -0.05) is 26.0 Å². The van der Waals surface area contributed by atoms with Gasteiger partial charge in [-0.25, -0.2) is 12.8 Å². The third-order valence-electron chi connectivity index (χ3n) is 5.04. The molecule has 1 unspecified atom stereocenters. The van der Waals surface area contributed by atoms with Crippen LogP contribution in [0.3, 0.4) is 0 Å². The minimum Gasteiger partial charge on any atom is -0.341 e. The SMILES string of the molecule is CC(C)C(NS(=O)(=O)c1ccccc1F)C(=O)N1C[C@H]2CNC[C@H]2C1.Cl. The van der Waals surface area contributed by atoms with Crippen molar-refractivity contribution in [2.45, 2.75) is 24.8 Å². The Labute approximate surface area is 160 Å². The summed E-state index contributed by atoms with van der Waals surface area (Å²) in [7, 11) is -4.11. The van der Waals surface area contributed by atoms with Crippen molar-refractivity contribution in [1.82, 2.24) is 14.9 Å². The van der Waals surface area contributed by atoms with Gasteiger partial charge in [0.05, 0.1) is 0 Å². The van der Waals surface area contributed by atoms with Crippen LogP contribution in [0.25, 0.3) is 0 Å². The molecule has 2 fully saturated rings. The van der Waals surface area contributed by atoms with Crippen LogP contribution in [0.4, 0.5) is 4.39 Å². The van der Waals surface area contributed by atoms with Crippen LogP contribution in [-0.2, 0) is 14.8 Å². The lowest BCUT2D eigenvalue weighted by Gasteiger charge is -2.27. The quantitative estimate of drug-likeness (QED) is 0.772. The second-order valence-corrected chi connectivity index (χ2v) is 8.88. The van der Waals surface area contributed by atoms with E-state index >= 15 is 0 Å². The Morgan fingerprint density at radius 1 is 1.23 bits per heavy atom. The van der Waals surface area contributed by atoms with Crippen LogP contribution < -0.4 is 10.0 Å². The van der Waals surface area contributed by atoms with Gasteiger partial charge in [-0.05, 0) is 29.9 Å². The van der Waals surface area contributed by atoms with E-state index in [0.29, 0.717) is 24.9 Å². The molecule has 2 N–H and O–H groups in total. The zero-order valence-corrected chi connectivity index (χ0v) is 16.4. The normalized spacial score (nSPS) is 23.6. The molecule has 1 aromatic carbocycles. The molecule has 3 atom stereocenters. The molecule has 2 saturated heterocycles. The number of nitrogens with zero attached hydrogens (tertiary/aromatic N) is 1. The molecule has 0 radical (unpaired) electrons. The van der Waals surface area contributed by atoms with Crippen LogP contribution in [0.15, 0.2) is 29.2 Å². The van der Waals surface area contributed by atoms with Crippen molar-refractivity contribution in [3.63, 3.8) is 0 Å². The lowest BCUT2D eigenvalue weighted by Crippen LogP contribution is -2.51. The number of amides is 1. The van der Waals surface area contributed by atoms with Crippen LogP contribution in [0, 0.1) is 23.6 Å². The molecule has 0 aromatic heterocycles. The molecule has 1 amide bonds. The molecule has 26 heavy (non-hydrogen) atoms. The molecule has 3 rings (SSSR count). The van der Waals surface area contributed by atoms with Gasteiger partial charge in [0.15, 0.2) is 0 Å². The summed E-state index contributed by atoms with van der Waals surface area (Å²) in [5.41, 5.74) is 0. The summed E-state index contributed by atoms with van der Waals surface area (Å²) in [5, 5.41) is 3.31. The second kappa shape index (κ2) is 8.21. The molecule has 0 spiro atoms. The molecular formula is C17H25ClFN3O3S. The van der Waals surface area contributed by atoms with Gasteiger partial charge in [0.2, 0.25) is 15.9 Å². The highest BCUT2D eigenvalue weighted by molar-refractivity contribution is 7.89. The predicted molar refractivity (Wildman–Crippen MR) is 99.0 cm³/mol. The standard InChI is InChI=1S/C17H24FN3O3S.ClH/c1-11(2)16(17(22)21-9-12-7-19-8-13(12)10-21)20-25(23,24)15-6-4-3-5-14(15)18;/h3-6,11-13,16,19-20H,7-10H2,1-2H3;1H/t12-,13+,16?;. The van der Waals surface area contributed by atoms with Crippen LogP contribution in [0.5, 0.6) is 0 Å². The fraction of sp³-hybridized carbons (Fsp3) is 0.588. The molecule has 0 saturated carbocycles. The van der Waals surface area contributed by atoms with E-state index in [-0.39, 0.29) is 24.2 Å². The van der Waals surface area contributed by atoms with E-state index in [4.69, 9.17) is 0 Å². The van der Waals surface area contributed by atoms with Crippen LogP contribution in [0.2, 0.25) is 0 Å². The summed E-state index contributed by atoms with van der Waals surface area (Å²) in [4.78, 5) is 14.2. The second-order valence-electron chi connectivity index (χ2n) is 7.20. The Morgan fingerprint density at radius 2 is 1.81 bits per heavy atom. The first-order chi connectivity index (χ1) is 11.8. The molecule has 6 nitrogen and oxygen atoms in total. The highest BCUT2D eigenvalue weighted by atomic mass is 35.5.